The maximum absolute atomic E-state index is 6.77. The molecule has 3 heteroatoms. The summed E-state index contributed by atoms with van der Waals surface area (Å²) in [7, 11) is 0. The lowest BCUT2D eigenvalue weighted by Crippen LogP contribution is -2.50. The SMILES string of the molecule is CC1CC(C)(C)CC(N)(Cc2ccn(C3CCCC3)n2)C1. The van der Waals surface area contributed by atoms with Crippen LogP contribution >= 0.6 is 0 Å². The summed E-state index contributed by atoms with van der Waals surface area (Å²) in [4.78, 5) is 0. The lowest BCUT2D eigenvalue weighted by Gasteiger charge is -2.45. The first-order chi connectivity index (χ1) is 9.85. The van der Waals surface area contributed by atoms with Gasteiger partial charge < -0.3 is 5.73 Å². The fourth-order valence-corrected chi connectivity index (χ4v) is 5.15. The summed E-state index contributed by atoms with van der Waals surface area (Å²) in [6, 6.07) is 2.83. The lowest BCUT2D eigenvalue weighted by molar-refractivity contribution is 0.107. The normalized spacial score (nSPS) is 33.4. The van der Waals surface area contributed by atoms with E-state index < -0.39 is 0 Å². The van der Waals surface area contributed by atoms with Gasteiger partial charge in [0.2, 0.25) is 0 Å². The van der Waals surface area contributed by atoms with E-state index in [0.29, 0.717) is 11.5 Å². The molecule has 2 saturated carbocycles. The van der Waals surface area contributed by atoms with E-state index in [2.05, 4.69) is 37.7 Å². The second-order valence-electron chi connectivity index (χ2n) is 8.62. The van der Waals surface area contributed by atoms with Crippen LogP contribution in [0.25, 0.3) is 0 Å². The zero-order valence-corrected chi connectivity index (χ0v) is 13.9. The molecule has 0 radical (unpaired) electrons. The predicted molar refractivity (Wildman–Crippen MR) is 87.2 cm³/mol. The molecule has 0 saturated heterocycles. The van der Waals surface area contributed by atoms with Crippen molar-refractivity contribution < 1.29 is 0 Å². The van der Waals surface area contributed by atoms with Crippen molar-refractivity contribution in [3.8, 4) is 0 Å². The van der Waals surface area contributed by atoms with Crippen LogP contribution in [-0.4, -0.2) is 15.3 Å². The van der Waals surface area contributed by atoms with Crippen molar-refractivity contribution in [2.75, 3.05) is 0 Å². The monoisotopic (exact) mass is 289 g/mol. The standard InChI is InChI=1S/C18H31N3/c1-14-10-17(2,3)13-18(19,11-14)12-15-8-9-21(20-15)16-6-4-5-7-16/h8-9,14,16H,4-7,10-13,19H2,1-3H3. The van der Waals surface area contributed by atoms with E-state index in [0.717, 1.165) is 25.2 Å². The van der Waals surface area contributed by atoms with Gasteiger partial charge in [-0.15, -0.1) is 0 Å². The fourth-order valence-electron chi connectivity index (χ4n) is 5.15. The Morgan fingerprint density at radius 3 is 2.67 bits per heavy atom. The van der Waals surface area contributed by atoms with Crippen molar-refractivity contribution in [2.45, 2.75) is 83.7 Å². The van der Waals surface area contributed by atoms with Gasteiger partial charge in [-0.25, -0.2) is 0 Å². The number of nitrogens with zero attached hydrogens (tertiary/aromatic N) is 2. The van der Waals surface area contributed by atoms with Crippen molar-refractivity contribution >= 4 is 0 Å². The third kappa shape index (κ3) is 3.50. The Hall–Kier alpha value is -0.830. The highest BCUT2D eigenvalue weighted by molar-refractivity contribution is 5.09. The number of nitrogens with two attached hydrogens (primary N) is 1. The Morgan fingerprint density at radius 2 is 2.00 bits per heavy atom. The maximum atomic E-state index is 6.77. The number of rotatable bonds is 3. The summed E-state index contributed by atoms with van der Waals surface area (Å²) in [5.74, 6) is 0.718. The highest BCUT2D eigenvalue weighted by atomic mass is 15.3. The van der Waals surface area contributed by atoms with Gasteiger partial charge in [0, 0.05) is 18.2 Å². The molecule has 2 N–H and O–H groups in total. The molecule has 0 aromatic carbocycles. The van der Waals surface area contributed by atoms with Gasteiger partial charge in [0.15, 0.2) is 0 Å². The number of hydrogen-bond acceptors (Lipinski definition) is 2. The first-order valence-corrected chi connectivity index (χ1v) is 8.68. The minimum absolute atomic E-state index is 0.0734. The molecular formula is C18H31N3. The van der Waals surface area contributed by atoms with Crippen LogP contribution in [0, 0.1) is 11.3 Å². The molecule has 1 aromatic rings. The highest BCUT2D eigenvalue weighted by Gasteiger charge is 2.40. The van der Waals surface area contributed by atoms with Crippen molar-refractivity contribution in [3.63, 3.8) is 0 Å². The molecule has 21 heavy (non-hydrogen) atoms. The zero-order valence-electron chi connectivity index (χ0n) is 13.9. The smallest absolute Gasteiger partial charge is 0.0643 e. The van der Waals surface area contributed by atoms with Gasteiger partial charge in [-0.3, -0.25) is 4.68 Å². The summed E-state index contributed by atoms with van der Waals surface area (Å²) in [6.45, 7) is 7.07. The Balaban J connectivity index is 1.70. The van der Waals surface area contributed by atoms with Crippen LogP contribution < -0.4 is 5.73 Å². The van der Waals surface area contributed by atoms with Crippen LogP contribution in [0.4, 0.5) is 0 Å². The predicted octanol–water partition coefficient (Wildman–Crippen LogP) is 4.08. The van der Waals surface area contributed by atoms with Crippen LogP contribution in [0.15, 0.2) is 12.3 Å². The van der Waals surface area contributed by atoms with Gasteiger partial charge in [-0.1, -0.05) is 33.6 Å². The molecule has 3 nitrogen and oxygen atoms in total. The van der Waals surface area contributed by atoms with Crippen molar-refractivity contribution in [2.24, 2.45) is 17.1 Å². The van der Waals surface area contributed by atoms with Gasteiger partial charge in [-0.05, 0) is 49.5 Å². The third-order valence-corrected chi connectivity index (χ3v) is 5.38. The van der Waals surface area contributed by atoms with Gasteiger partial charge in [-0.2, -0.15) is 5.10 Å². The highest BCUT2D eigenvalue weighted by Crippen LogP contribution is 2.43. The van der Waals surface area contributed by atoms with Gasteiger partial charge >= 0.3 is 0 Å². The molecule has 2 aliphatic carbocycles. The first kappa shape index (κ1) is 15.1. The third-order valence-electron chi connectivity index (χ3n) is 5.38. The first-order valence-electron chi connectivity index (χ1n) is 8.68. The second kappa shape index (κ2) is 5.42. The fraction of sp³-hybridized carbons (Fsp3) is 0.833. The zero-order chi connectivity index (χ0) is 15.1. The van der Waals surface area contributed by atoms with Crippen LogP contribution in [0.5, 0.6) is 0 Å². The molecule has 1 heterocycles. The van der Waals surface area contributed by atoms with E-state index in [1.165, 1.54) is 37.8 Å². The molecule has 0 spiro atoms. The van der Waals surface area contributed by atoms with Crippen LogP contribution in [0.3, 0.4) is 0 Å². The summed E-state index contributed by atoms with van der Waals surface area (Å²) in [5.41, 5.74) is 8.25. The Labute approximate surface area is 129 Å². The minimum Gasteiger partial charge on any atom is -0.325 e. The van der Waals surface area contributed by atoms with E-state index >= 15 is 0 Å². The minimum atomic E-state index is -0.0734. The molecule has 1 aromatic heterocycles. The average Bonchev–Trinajstić information content (AvgIpc) is 2.93. The quantitative estimate of drug-likeness (QED) is 0.911. The van der Waals surface area contributed by atoms with E-state index in [1.807, 2.05) is 0 Å². The van der Waals surface area contributed by atoms with Gasteiger partial charge in [0.05, 0.1) is 11.7 Å². The summed E-state index contributed by atoms with van der Waals surface area (Å²) >= 11 is 0. The van der Waals surface area contributed by atoms with Crippen LogP contribution in [0.1, 0.15) is 77.5 Å². The number of hydrogen-bond donors (Lipinski definition) is 1. The molecule has 3 rings (SSSR count). The Bertz CT molecular complexity index is 484. The van der Waals surface area contributed by atoms with E-state index in [4.69, 9.17) is 10.8 Å². The van der Waals surface area contributed by atoms with Crippen molar-refractivity contribution in [3.05, 3.63) is 18.0 Å². The van der Waals surface area contributed by atoms with Crippen molar-refractivity contribution in [1.29, 1.82) is 0 Å². The molecule has 2 fully saturated rings. The molecule has 118 valence electrons. The largest absolute Gasteiger partial charge is 0.325 e. The van der Waals surface area contributed by atoms with E-state index in [-0.39, 0.29) is 5.54 Å². The summed E-state index contributed by atoms with van der Waals surface area (Å²) in [5, 5.41) is 4.84. The average molecular weight is 289 g/mol. The molecular weight excluding hydrogens is 258 g/mol. The lowest BCUT2D eigenvalue weighted by atomic mass is 9.63. The summed E-state index contributed by atoms with van der Waals surface area (Å²) < 4.78 is 2.20. The molecule has 0 amide bonds. The van der Waals surface area contributed by atoms with Crippen LogP contribution in [0.2, 0.25) is 0 Å². The second-order valence-corrected chi connectivity index (χ2v) is 8.62. The molecule has 2 aliphatic rings. The van der Waals surface area contributed by atoms with Gasteiger partial charge in [0.25, 0.3) is 0 Å². The number of aromatic nitrogens is 2. The molecule has 0 bridgehead atoms. The Morgan fingerprint density at radius 1 is 1.29 bits per heavy atom. The van der Waals surface area contributed by atoms with E-state index in [9.17, 15) is 0 Å². The molecule has 2 atom stereocenters. The summed E-state index contributed by atoms with van der Waals surface area (Å²) in [6.07, 6.45) is 11.9. The van der Waals surface area contributed by atoms with Crippen molar-refractivity contribution in [1.82, 2.24) is 9.78 Å². The topological polar surface area (TPSA) is 43.8 Å². The molecule has 0 aliphatic heterocycles. The van der Waals surface area contributed by atoms with Crippen LogP contribution in [-0.2, 0) is 6.42 Å². The molecule has 2 unspecified atom stereocenters. The van der Waals surface area contributed by atoms with E-state index in [1.54, 1.807) is 0 Å². The van der Waals surface area contributed by atoms with Gasteiger partial charge in [0.1, 0.15) is 0 Å². The Kier molecular flexibility index (Phi) is 3.89. The maximum Gasteiger partial charge on any atom is 0.0643 e.